The number of hydrogen-bond donors (Lipinski definition) is 0. The minimum atomic E-state index is 0.476. The molecule has 4 rings (SSSR count). The van der Waals surface area contributed by atoms with E-state index in [1.807, 2.05) is 35.9 Å². The smallest absolute Gasteiger partial charge is 0.277 e. The Morgan fingerprint density at radius 3 is 2.91 bits per heavy atom. The Balaban J connectivity index is 1.51. The maximum atomic E-state index is 5.67. The predicted molar refractivity (Wildman–Crippen MR) is 86.2 cm³/mol. The summed E-state index contributed by atoms with van der Waals surface area (Å²) >= 11 is 1.47. The van der Waals surface area contributed by atoms with E-state index in [1.54, 1.807) is 6.26 Å². The quantitative estimate of drug-likeness (QED) is 0.530. The van der Waals surface area contributed by atoms with Gasteiger partial charge in [0.1, 0.15) is 11.4 Å². The van der Waals surface area contributed by atoms with E-state index in [1.165, 1.54) is 11.8 Å². The summed E-state index contributed by atoms with van der Waals surface area (Å²) in [6, 6.07) is 5.89. The minimum absolute atomic E-state index is 0.476. The highest BCUT2D eigenvalue weighted by Crippen LogP contribution is 2.27. The summed E-state index contributed by atoms with van der Waals surface area (Å²) in [4.78, 5) is 4.64. The monoisotopic (exact) mass is 326 g/mol. The molecule has 0 spiro atoms. The summed E-state index contributed by atoms with van der Waals surface area (Å²) in [6.45, 7) is 3.92. The van der Waals surface area contributed by atoms with E-state index < -0.39 is 0 Å². The minimum Gasteiger partial charge on any atom is -0.469 e. The largest absolute Gasteiger partial charge is 0.469 e. The van der Waals surface area contributed by atoms with Gasteiger partial charge < -0.3 is 13.2 Å². The second kappa shape index (κ2) is 5.58. The van der Waals surface area contributed by atoms with Crippen LogP contribution in [0.1, 0.15) is 17.0 Å². The summed E-state index contributed by atoms with van der Waals surface area (Å²) in [5.74, 6) is 1.92. The zero-order valence-corrected chi connectivity index (χ0v) is 13.5. The highest BCUT2D eigenvalue weighted by atomic mass is 32.2. The zero-order chi connectivity index (χ0) is 15.8. The van der Waals surface area contributed by atoms with Gasteiger partial charge in [-0.1, -0.05) is 17.8 Å². The third-order valence-electron chi connectivity index (χ3n) is 3.57. The van der Waals surface area contributed by atoms with Gasteiger partial charge in [0.25, 0.3) is 11.1 Å². The van der Waals surface area contributed by atoms with Gasteiger partial charge in [-0.15, -0.1) is 10.2 Å². The summed E-state index contributed by atoms with van der Waals surface area (Å²) in [6.07, 6.45) is 5.63. The average molecular weight is 326 g/mol. The fourth-order valence-corrected chi connectivity index (χ4v) is 3.04. The third kappa shape index (κ3) is 2.63. The van der Waals surface area contributed by atoms with E-state index in [4.69, 9.17) is 8.83 Å². The highest BCUT2D eigenvalue weighted by Gasteiger charge is 2.14. The molecular weight excluding hydrogens is 312 g/mol. The summed E-state index contributed by atoms with van der Waals surface area (Å²) < 4.78 is 13.0. The highest BCUT2D eigenvalue weighted by molar-refractivity contribution is 7.98. The van der Waals surface area contributed by atoms with Crippen molar-refractivity contribution in [1.29, 1.82) is 0 Å². The van der Waals surface area contributed by atoms with Crippen molar-refractivity contribution in [2.75, 3.05) is 0 Å². The first-order valence-electron chi connectivity index (χ1n) is 7.14. The Morgan fingerprint density at radius 2 is 2.13 bits per heavy atom. The molecule has 0 amide bonds. The van der Waals surface area contributed by atoms with Crippen LogP contribution in [-0.2, 0) is 5.75 Å². The van der Waals surface area contributed by atoms with Crippen molar-refractivity contribution in [1.82, 2.24) is 19.6 Å². The molecule has 0 aliphatic heterocycles. The fraction of sp³-hybridized carbons (Fsp3) is 0.188. The molecule has 23 heavy (non-hydrogen) atoms. The maximum absolute atomic E-state index is 5.67. The van der Waals surface area contributed by atoms with Crippen molar-refractivity contribution in [2.45, 2.75) is 24.8 Å². The van der Waals surface area contributed by atoms with Gasteiger partial charge in [-0.25, -0.2) is 4.98 Å². The second-order valence-electron chi connectivity index (χ2n) is 5.21. The fourth-order valence-electron chi connectivity index (χ4n) is 2.39. The molecule has 4 heterocycles. The number of aromatic nitrogens is 4. The number of thioether (sulfide) groups is 1. The number of aryl methyl sites for hydroxylation is 2. The molecule has 0 saturated carbocycles. The van der Waals surface area contributed by atoms with Gasteiger partial charge in [0.05, 0.1) is 17.5 Å². The Hall–Kier alpha value is -2.54. The SMILES string of the molecule is Cc1occc1-c1nnc(SCc2cn3cccc(C)c3n2)o1. The van der Waals surface area contributed by atoms with E-state index in [0.29, 0.717) is 16.9 Å². The Morgan fingerprint density at radius 1 is 1.22 bits per heavy atom. The van der Waals surface area contributed by atoms with Crippen LogP contribution >= 0.6 is 11.8 Å². The number of hydrogen-bond acceptors (Lipinski definition) is 6. The van der Waals surface area contributed by atoms with Gasteiger partial charge in [0.2, 0.25) is 0 Å². The first-order valence-corrected chi connectivity index (χ1v) is 8.13. The van der Waals surface area contributed by atoms with E-state index in [0.717, 1.165) is 28.2 Å². The molecule has 0 fully saturated rings. The van der Waals surface area contributed by atoms with Gasteiger partial charge in [-0.05, 0) is 31.5 Å². The Labute approximate surface area is 136 Å². The van der Waals surface area contributed by atoms with Crippen LogP contribution < -0.4 is 0 Å². The predicted octanol–water partition coefficient (Wildman–Crippen LogP) is 3.89. The van der Waals surface area contributed by atoms with Gasteiger partial charge in [-0.3, -0.25) is 0 Å². The van der Waals surface area contributed by atoms with Crippen molar-refractivity contribution >= 4 is 17.4 Å². The lowest BCUT2D eigenvalue weighted by molar-refractivity contribution is 0.463. The lowest BCUT2D eigenvalue weighted by Gasteiger charge is -1.94. The molecule has 0 aliphatic carbocycles. The average Bonchev–Trinajstić information content (AvgIpc) is 3.24. The van der Waals surface area contributed by atoms with Crippen molar-refractivity contribution in [3.05, 3.63) is 53.9 Å². The van der Waals surface area contributed by atoms with E-state index in [9.17, 15) is 0 Å². The van der Waals surface area contributed by atoms with Crippen molar-refractivity contribution in [2.24, 2.45) is 0 Å². The summed E-state index contributed by atoms with van der Waals surface area (Å²) in [5.41, 5.74) is 3.93. The van der Waals surface area contributed by atoms with Crippen LogP contribution in [-0.4, -0.2) is 19.6 Å². The molecule has 4 aromatic rings. The second-order valence-corrected chi connectivity index (χ2v) is 6.13. The van der Waals surface area contributed by atoms with Crippen LogP contribution in [0.15, 0.2) is 50.9 Å². The summed E-state index contributed by atoms with van der Waals surface area (Å²) in [7, 11) is 0. The normalized spacial score (nSPS) is 11.4. The molecule has 7 heteroatoms. The molecule has 0 atom stereocenters. The molecule has 4 aromatic heterocycles. The number of imidazole rings is 1. The van der Waals surface area contributed by atoms with Crippen LogP contribution in [0.2, 0.25) is 0 Å². The van der Waals surface area contributed by atoms with E-state index in [2.05, 4.69) is 28.2 Å². The van der Waals surface area contributed by atoms with Crippen LogP contribution in [0, 0.1) is 13.8 Å². The molecule has 0 aliphatic rings. The summed E-state index contributed by atoms with van der Waals surface area (Å²) in [5, 5.41) is 8.66. The van der Waals surface area contributed by atoms with Gasteiger partial charge >= 0.3 is 0 Å². The standard InChI is InChI=1S/C16H14N4O2S/c1-10-4-3-6-20-8-12(17-14(10)20)9-23-16-19-18-15(22-16)13-5-7-21-11(13)2/h3-8H,9H2,1-2H3. The molecule has 0 radical (unpaired) electrons. The number of furan rings is 1. The molecule has 116 valence electrons. The molecule has 0 unspecified atom stereocenters. The van der Waals surface area contributed by atoms with Crippen molar-refractivity contribution < 1.29 is 8.83 Å². The Bertz CT molecular complexity index is 969. The first kappa shape index (κ1) is 14.1. The molecule has 0 saturated heterocycles. The topological polar surface area (TPSA) is 69.4 Å². The maximum Gasteiger partial charge on any atom is 0.277 e. The van der Waals surface area contributed by atoms with Gasteiger partial charge in [0.15, 0.2) is 0 Å². The molecule has 0 N–H and O–H groups in total. The van der Waals surface area contributed by atoms with E-state index >= 15 is 0 Å². The number of nitrogens with zero attached hydrogens (tertiary/aromatic N) is 4. The van der Waals surface area contributed by atoms with Gasteiger partial charge in [-0.2, -0.15) is 0 Å². The zero-order valence-electron chi connectivity index (χ0n) is 12.7. The molecular formula is C16H14N4O2S. The third-order valence-corrected chi connectivity index (χ3v) is 4.42. The number of rotatable bonds is 4. The first-order chi connectivity index (χ1) is 11.2. The lowest BCUT2D eigenvalue weighted by Crippen LogP contribution is -1.84. The molecule has 0 bridgehead atoms. The van der Waals surface area contributed by atoms with Crippen molar-refractivity contribution in [3.8, 4) is 11.5 Å². The van der Waals surface area contributed by atoms with Crippen LogP contribution in [0.4, 0.5) is 0 Å². The lowest BCUT2D eigenvalue weighted by atomic mass is 10.3. The van der Waals surface area contributed by atoms with Crippen LogP contribution in [0.25, 0.3) is 17.1 Å². The molecule has 6 nitrogen and oxygen atoms in total. The molecule has 0 aromatic carbocycles. The Kier molecular flexibility index (Phi) is 3.42. The van der Waals surface area contributed by atoms with Crippen molar-refractivity contribution in [3.63, 3.8) is 0 Å². The van der Waals surface area contributed by atoms with E-state index in [-0.39, 0.29) is 0 Å². The van der Waals surface area contributed by atoms with Crippen LogP contribution in [0.5, 0.6) is 0 Å². The van der Waals surface area contributed by atoms with Gasteiger partial charge in [0, 0.05) is 18.1 Å². The van der Waals surface area contributed by atoms with Crippen LogP contribution in [0.3, 0.4) is 0 Å². The number of pyridine rings is 1. The number of fused-ring (bicyclic) bond motifs is 1.